The third kappa shape index (κ3) is 7.27. The van der Waals surface area contributed by atoms with Crippen molar-refractivity contribution in [3.05, 3.63) is 27.8 Å². The van der Waals surface area contributed by atoms with Gasteiger partial charge in [0.15, 0.2) is 11.5 Å². The largest absolute Gasteiger partial charge is 0.493 e. The van der Waals surface area contributed by atoms with Crippen LogP contribution in [0.25, 0.3) is 0 Å². The molecule has 1 aliphatic heterocycles. The summed E-state index contributed by atoms with van der Waals surface area (Å²) in [6.45, 7) is 5.14. The fraction of sp³-hybridized carbons (Fsp3) is 0.619. The molecule has 9 heteroatoms. The fourth-order valence-corrected chi connectivity index (χ4v) is 3.26. The highest BCUT2D eigenvalue weighted by Crippen LogP contribution is 2.36. The third-order valence-electron chi connectivity index (χ3n) is 4.71. The summed E-state index contributed by atoms with van der Waals surface area (Å²) < 4.78 is 10.8. The lowest BCUT2D eigenvalue weighted by Gasteiger charge is -2.21. The molecule has 0 saturated carbocycles. The topological polar surface area (TPSA) is 99.0 Å². The summed E-state index contributed by atoms with van der Waals surface area (Å²) in [5.74, 6) is -0.0752. The number of halogens is 1. The van der Waals surface area contributed by atoms with Crippen LogP contribution >= 0.6 is 15.9 Å². The van der Waals surface area contributed by atoms with Gasteiger partial charge in [-0.25, -0.2) is 0 Å². The zero-order valence-electron chi connectivity index (χ0n) is 17.9. The zero-order chi connectivity index (χ0) is 22.5. The van der Waals surface area contributed by atoms with Crippen molar-refractivity contribution in [2.24, 2.45) is 0 Å². The number of carbonyl (C=O) groups excluding carboxylic acids is 2. The number of carbonyl (C=O) groups is 2. The van der Waals surface area contributed by atoms with Crippen LogP contribution in [0.3, 0.4) is 0 Å². The van der Waals surface area contributed by atoms with Gasteiger partial charge in [0, 0.05) is 17.9 Å². The molecule has 0 radical (unpaired) electrons. The molecule has 0 unspecified atom stereocenters. The van der Waals surface area contributed by atoms with Crippen molar-refractivity contribution in [3.8, 4) is 11.5 Å². The van der Waals surface area contributed by atoms with Crippen LogP contribution in [0.2, 0.25) is 0 Å². The van der Waals surface area contributed by atoms with E-state index in [9.17, 15) is 19.7 Å². The number of alkyl halides is 1. The van der Waals surface area contributed by atoms with Gasteiger partial charge in [0.05, 0.1) is 30.7 Å². The number of hydrogen-bond donors (Lipinski definition) is 0. The van der Waals surface area contributed by atoms with Crippen molar-refractivity contribution in [3.63, 3.8) is 0 Å². The second-order valence-corrected chi connectivity index (χ2v) is 7.66. The number of rotatable bonds is 10. The molecule has 0 aromatic heterocycles. The molecule has 1 aromatic rings. The van der Waals surface area contributed by atoms with Gasteiger partial charge in [-0.1, -0.05) is 42.6 Å². The summed E-state index contributed by atoms with van der Waals surface area (Å²) in [5, 5.41) is 12.3. The van der Waals surface area contributed by atoms with Gasteiger partial charge in [0.1, 0.15) is 11.8 Å². The maximum Gasteiger partial charge on any atom is 0.286 e. The summed E-state index contributed by atoms with van der Waals surface area (Å²) in [5.41, 5.74) is -0.462. The molecule has 0 N–H and O–H groups in total. The molecule has 2 rings (SSSR count). The monoisotopic (exact) mass is 486 g/mol. The summed E-state index contributed by atoms with van der Waals surface area (Å²) in [4.78, 5) is 36.2. The van der Waals surface area contributed by atoms with E-state index in [1.165, 1.54) is 37.0 Å². The van der Waals surface area contributed by atoms with E-state index in [0.717, 1.165) is 18.2 Å². The highest BCUT2D eigenvalue weighted by atomic mass is 79.9. The highest BCUT2D eigenvalue weighted by Gasteiger charge is 2.34. The van der Waals surface area contributed by atoms with Crippen molar-refractivity contribution >= 4 is 33.8 Å². The number of nitro benzene ring substituents is 1. The molecule has 1 aliphatic rings. The third-order valence-corrected chi connectivity index (χ3v) is 5.27. The van der Waals surface area contributed by atoms with Gasteiger partial charge < -0.3 is 19.2 Å². The van der Waals surface area contributed by atoms with Crippen LogP contribution in [0.5, 0.6) is 11.5 Å². The number of unbranched alkanes of at least 4 members (excludes halogenated alkanes) is 2. The molecule has 1 fully saturated rings. The lowest BCUT2D eigenvalue weighted by atomic mass is 10.1. The van der Waals surface area contributed by atoms with Crippen LogP contribution in [0.1, 0.15) is 62.7 Å². The minimum atomic E-state index is -0.621. The first-order chi connectivity index (χ1) is 14.4. The number of ether oxygens (including phenoxy) is 2. The number of hydrogen-bond acceptors (Lipinski definition) is 6. The second-order valence-electron chi connectivity index (χ2n) is 6.87. The number of amides is 1. The van der Waals surface area contributed by atoms with Gasteiger partial charge in [0.25, 0.3) is 11.6 Å². The van der Waals surface area contributed by atoms with Crippen LogP contribution in [0.15, 0.2) is 12.1 Å². The maximum absolute atomic E-state index is 12.8. The standard InChI is InChI=1S/C17H21BrN2O6.C4H10/c1-25-15-9-13(17(22)19-7-4-5-12(19)11-21)14(20(23)24)10-16(15)26-8-3-2-6-18;1-3-4-2/h9-12H,2-8H2,1H3;3-4H2,1-2H3/t12-;/m0./s1. The minimum Gasteiger partial charge on any atom is -0.493 e. The normalized spacial score (nSPS) is 15.2. The Bertz CT molecular complexity index is 711. The van der Waals surface area contributed by atoms with Gasteiger partial charge in [-0.05, 0) is 25.7 Å². The molecule has 30 heavy (non-hydrogen) atoms. The first-order valence-electron chi connectivity index (χ1n) is 10.3. The summed E-state index contributed by atoms with van der Waals surface area (Å²) in [7, 11) is 1.41. The Balaban J connectivity index is 0.00000103. The Hall–Kier alpha value is -2.16. The number of benzene rings is 1. The van der Waals surface area contributed by atoms with E-state index in [1.807, 2.05) is 0 Å². The number of nitro groups is 1. The molecule has 1 heterocycles. The molecule has 8 nitrogen and oxygen atoms in total. The fourth-order valence-electron chi connectivity index (χ4n) is 2.86. The molecule has 1 saturated heterocycles. The van der Waals surface area contributed by atoms with Crippen molar-refractivity contribution in [2.75, 3.05) is 25.6 Å². The molecular formula is C21H31BrN2O6. The Labute approximate surface area is 186 Å². The summed E-state index contributed by atoms with van der Waals surface area (Å²) in [6.07, 6.45) is 6.28. The Kier molecular flexibility index (Phi) is 12.0. The first kappa shape index (κ1) is 25.9. The number of aldehydes is 1. The predicted molar refractivity (Wildman–Crippen MR) is 119 cm³/mol. The average Bonchev–Trinajstić information content (AvgIpc) is 3.24. The van der Waals surface area contributed by atoms with E-state index in [0.29, 0.717) is 32.3 Å². The van der Waals surface area contributed by atoms with Gasteiger partial charge in [-0.15, -0.1) is 0 Å². The Morgan fingerprint density at radius 3 is 2.53 bits per heavy atom. The lowest BCUT2D eigenvalue weighted by Crippen LogP contribution is -2.36. The molecule has 0 bridgehead atoms. The molecule has 0 aliphatic carbocycles. The Morgan fingerprint density at radius 2 is 2.00 bits per heavy atom. The molecular weight excluding hydrogens is 456 g/mol. The van der Waals surface area contributed by atoms with Crippen molar-refractivity contribution in [1.29, 1.82) is 0 Å². The molecule has 1 aromatic carbocycles. The van der Waals surface area contributed by atoms with Crippen LogP contribution in [-0.2, 0) is 4.79 Å². The lowest BCUT2D eigenvalue weighted by molar-refractivity contribution is -0.385. The van der Waals surface area contributed by atoms with Gasteiger partial charge in [-0.2, -0.15) is 0 Å². The smallest absolute Gasteiger partial charge is 0.286 e. The number of nitrogens with zero attached hydrogens (tertiary/aromatic N) is 2. The van der Waals surface area contributed by atoms with Crippen molar-refractivity contribution in [2.45, 2.75) is 58.4 Å². The van der Waals surface area contributed by atoms with E-state index in [1.54, 1.807) is 0 Å². The second kappa shape index (κ2) is 14.0. The summed E-state index contributed by atoms with van der Waals surface area (Å²) in [6, 6.07) is 1.99. The predicted octanol–water partition coefficient (Wildman–Crippen LogP) is 4.77. The van der Waals surface area contributed by atoms with Crippen molar-refractivity contribution in [1.82, 2.24) is 4.90 Å². The molecule has 1 amide bonds. The SMILES string of the molecule is CCCC.COc1cc(C(=O)N2CCC[C@H]2C=O)c([N+](=O)[O-])cc1OCCCCBr. The number of likely N-dealkylation sites (tertiary alicyclic amines) is 1. The zero-order valence-corrected chi connectivity index (χ0v) is 19.5. The van der Waals surface area contributed by atoms with E-state index in [-0.39, 0.29) is 22.7 Å². The van der Waals surface area contributed by atoms with Gasteiger partial charge in [0.2, 0.25) is 0 Å². The van der Waals surface area contributed by atoms with Crippen LogP contribution in [0.4, 0.5) is 5.69 Å². The first-order valence-corrected chi connectivity index (χ1v) is 11.4. The van der Waals surface area contributed by atoms with Crippen LogP contribution in [-0.4, -0.2) is 53.6 Å². The highest BCUT2D eigenvalue weighted by molar-refractivity contribution is 9.09. The molecule has 168 valence electrons. The van der Waals surface area contributed by atoms with E-state index >= 15 is 0 Å². The quantitative estimate of drug-likeness (QED) is 0.155. The van der Waals surface area contributed by atoms with E-state index < -0.39 is 16.9 Å². The van der Waals surface area contributed by atoms with E-state index in [2.05, 4.69) is 29.8 Å². The maximum atomic E-state index is 12.8. The van der Waals surface area contributed by atoms with Gasteiger partial charge >= 0.3 is 0 Å². The number of methoxy groups -OCH3 is 1. The van der Waals surface area contributed by atoms with Crippen LogP contribution in [0, 0.1) is 10.1 Å². The molecule has 1 atom stereocenters. The van der Waals surface area contributed by atoms with Crippen molar-refractivity contribution < 1.29 is 24.0 Å². The summed E-state index contributed by atoms with van der Waals surface area (Å²) >= 11 is 3.33. The van der Waals surface area contributed by atoms with Gasteiger partial charge in [-0.3, -0.25) is 14.9 Å². The molecule has 0 spiro atoms. The Morgan fingerprint density at radius 1 is 1.30 bits per heavy atom. The van der Waals surface area contributed by atoms with E-state index in [4.69, 9.17) is 9.47 Å². The van der Waals surface area contributed by atoms with Crippen LogP contribution < -0.4 is 9.47 Å². The average molecular weight is 487 g/mol. The minimum absolute atomic E-state index is 0.103.